The minimum absolute atomic E-state index is 0.0288. The zero-order valence-electron chi connectivity index (χ0n) is 21.3. The first-order chi connectivity index (χ1) is 19.6. The van der Waals surface area contributed by atoms with E-state index in [1.165, 1.54) is 36.7 Å². The van der Waals surface area contributed by atoms with Gasteiger partial charge < -0.3 is 5.32 Å². The summed E-state index contributed by atoms with van der Waals surface area (Å²) < 4.78 is 41.6. The van der Waals surface area contributed by atoms with E-state index in [0.29, 0.717) is 0 Å². The number of nitrogens with zero attached hydrogens (tertiary/aromatic N) is 5. The molecule has 0 spiro atoms. The average molecular weight is 583 g/mol. The molecule has 2 unspecified atom stereocenters. The summed E-state index contributed by atoms with van der Waals surface area (Å²) in [5, 5.41) is 12.0. The molecule has 1 aromatic carbocycles. The number of nitrogens with one attached hydrogen (secondary N) is 1. The first-order valence-corrected chi connectivity index (χ1v) is 13.0. The highest BCUT2D eigenvalue weighted by molar-refractivity contribution is 6.31. The zero-order valence-corrected chi connectivity index (χ0v) is 22.1. The van der Waals surface area contributed by atoms with E-state index >= 15 is 0 Å². The number of hydrogen-bond donors (Lipinski definition) is 1. The number of halogens is 4. The summed E-state index contributed by atoms with van der Waals surface area (Å²) in [6.45, 7) is 0. The predicted molar refractivity (Wildman–Crippen MR) is 141 cm³/mol. The number of carbonyl (C=O) groups is 3. The van der Waals surface area contributed by atoms with Crippen LogP contribution in [0.3, 0.4) is 0 Å². The van der Waals surface area contributed by atoms with Gasteiger partial charge in [-0.1, -0.05) is 29.8 Å². The molecule has 3 aromatic rings. The maximum atomic E-state index is 14.4. The smallest absolute Gasteiger partial charge is 0.252 e. The Bertz CT molecular complexity index is 1560. The summed E-state index contributed by atoms with van der Waals surface area (Å²) in [5.41, 5.74) is 0.237. The molecule has 2 aromatic heterocycles. The van der Waals surface area contributed by atoms with Crippen molar-refractivity contribution < 1.29 is 27.6 Å². The number of hydrogen-bond acceptors (Lipinski definition) is 6. The van der Waals surface area contributed by atoms with Gasteiger partial charge in [-0.15, -0.1) is 0 Å². The lowest BCUT2D eigenvalue weighted by Crippen LogP contribution is -2.56. The predicted octanol–water partition coefficient (Wildman–Crippen LogP) is 4.32. The van der Waals surface area contributed by atoms with Crippen LogP contribution in [-0.2, 0) is 14.4 Å². The molecule has 9 nitrogen and oxygen atoms in total. The van der Waals surface area contributed by atoms with Gasteiger partial charge >= 0.3 is 0 Å². The highest BCUT2D eigenvalue weighted by Gasteiger charge is 2.48. The summed E-state index contributed by atoms with van der Waals surface area (Å²) in [6.07, 6.45) is 2.25. The highest BCUT2D eigenvalue weighted by atomic mass is 35.5. The molecule has 1 N–H and O–H groups in total. The molecule has 13 heteroatoms. The Kier molecular flexibility index (Phi) is 7.64. The van der Waals surface area contributed by atoms with Crippen molar-refractivity contribution in [2.75, 3.05) is 9.80 Å². The number of benzene rings is 1. The summed E-state index contributed by atoms with van der Waals surface area (Å²) in [4.78, 5) is 51.2. The lowest BCUT2D eigenvalue weighted by molar-refractivity contribution is -0.133. The molecule has 3 amide bonds. The number of amides is 3. The molecule has 3 heterocycles. The van der Waals surface area contributed by atoms with E-state index in [2.05, 4.69) is 15.3 Å². The number of aromatic nitrogens is 2. The van der Waals surface area contributed by atoms with Gasteiger partial charge in [0.2, 0.25) is 11.8 Å². The van der Waals surface area contributed by atoms with Crippen LogP contribution >= 0.6 is 11.6 Å². The third-order valence-electron chi connectivity index (χ3n) is 6.97. The standard InChI is InChI=1S/C28H22ClF3N6O3/c29-21-4-2-1-3-20(21)25(26(40)36-18-11-28(31,32)12-18)37(19-10-17(30)14-34-15-19)27(41)22-5-6-24(39)38(22)23-9-16(13-33)7-8-35-23/h1-4,7-10,14-15,18,22,25H,5-6,11-12H2,(H,36,40). The van der Waals surface area contributed by atoms with Crippen molar-refractivity contribution in [3.8, 4) is 6.07 Å². The van der Waals surface area contributed by atoms with E-state index in [9.17, 15) is 32.8 Å². The molecule has 2 aliphatic rings. The quantitative estimate of drug-likeness (QED) is 0.443. The van der Waals surface area contributed by atoms with Crippen LogP contribution in [-0.4, -0.2) is 45.7 Å². The molecular weight excluding hydrogens is 561 g/mol. The largest absolute Gasteiger partial charge is 0.351 e. The van der Waals surface area contributed by atoms with E-state index in [1.54, 1.807) is 12.1 Å². The van der Waals surface area contributed by atoms with Crippen molar-refractivity contribution in [3.63, 3.8) is 0 Å². The fourth-order valence-corrected chi connectivity index (χ4v) is 5.30. The van der Waals surface area contributed by atoms with Gasteiger partial charge in [0, 0.05) is 48.2 Å². The minimum atomic E-state index is -2.92. The topological polar surface area (TPSA) is 119 Å². The molecule has 1 aliphatic carbocycles. The molecule has 1 saturated heterocycles. The summed E-state index contributed by atoms with van der Waals surface area (Å²) in [6, 6.07) is 8.32. The van der Waals surface area contributed by atoms with E-state index < -0.39 is 60.4 Å². The molecule has 2 fully saturated rings. The Balaban J connectivity index is 1.61. The Morgan fingerprint density at radius 2 is 1.95 bits per heavy atom. The first-order valence-electron chi connectivity index (χ1n) is 12.6. The van der Waals surface area contributed by atoms with Crippen LogP contribution in [0.5, 0.6) is 0 Å². The highest BCUT2D eigenvalue weighted by Crippen LogP contribution is 2.39. The second-order valence-electron chi connectivity index (χ2n) is 9.80. The third-order valence-corrected chi connectivity index (χ3v) is 7.31. The van der Waals surface area contributed by atoms with Crippen LogP contribution in [0.2, 0.25) is 5.02 Å². The third kappa shape index (κ3) is 5.71. The van der Waals surface area contributed by atoms with E-state index in [-0.39, 0.29) is 40.5 Å². The maximum Gasteiger partial charge on any atom is 0.252 e. The first kappa shape index (κ1) is 28.0. The van der Waals surface area contributed by atoms with Crippen molar-refractivity contribution in [1.29, 1.82) is 5.26 Å². The molecule has 2 atom stereocenters. The van der Waals surface area contributed by atoms with Crippen LogP contribution < -0.4 is 15.1 Å². The second kappa shape index (κ2) is 11.2. The van der Waals surface area contributed by atoms with Crippen LogP contribution in [0.1, 0.15) is 42.9 Å². The lowest BCUT2D eigenvalue weighted by Gasteiger charge is -2.39. The molecule has 0 bridgehead atoms. The number of pyridine rings is 2. The molecule has 5 rings (SSSR count). The van der Waals surface area contributed by atoms with Gasteiger partial charge in [0.25, 0.3) is 11.8 Å². The number of alkyl halides is 2. The molecule has 0 radical (unpaired) electrons. The van der Waals surface area contributed by atoms with Crippen LogP contribution in [0.25, 0.3) is 0 Å². The van der Waals surface area contributed by atoms with Crippen molar-refractivity contribution >= 4 is 40.8 Å². The van der Waals surface area contributed by atoms with Gasteiger partial charge in [0.15, 0.2) is 0 Å². The number of carbonyl (C=O) groups excluding carboxylic acids is 3. The van der Waals surface area contributed by atoms with E-state index in [0.717, 1.165) is 22.1 Å². The monoisotopic (exact) mass is 582 g/mol. The van der Waals surface area contributed by atoms with Gasteiger partial charge in [0.1, 0.15) is 23.7 Å². The number of rotatable bonds is 7. The molecule has 1 saturated carbocycles. The minimum Gasteiger partial charge on any atom is -0.351 e. The van der Waals surface area contributed by atoms with Crippen LogP contribution in [0, 0.1) is 17.1 Å². The fraction of sp³-hybridized carbons (Fsp3) is 0.286. The maximum absolute atomic E-state index is 14.4. The summed E-state index contributed by atoms with van der Waals surface area (Å²) in [5.74, 6) is -5.73. The Morgan fingerprint density at radius 1 is 1.20 bits per heavy atom. The van der Waals surface area contributed by atoms with E-state index in [1.807, 2.05) is 6.07 Å². The second-order valence-corrected chi connectivity index (χ2v) is 10.2. The van der Waals surface area contributed by atoms with Gasteiger partial charge in [-0.2, -0.15) is 5.26 Å². The SMILES string of the molecule is N#Cc1ccnc(N2C(=O)CCC2C(=O)N(c2cncc(F)c2)C(C(=O)NC2CC(F)(F)C2)c2ccccc2Cl)c1. The number of nitriles is 1. The van der Waals surface area contributed by atoms with Crippen LogP contribution in [0.15, 0.2) is 61.1 Å². The molecule has 41 heavy (non-hydrogen) atoms. The fourth-order valence-electron chi connectivity index (χ4n) is 5.06. The Hall–Kier alpha value is -4.50. The van der Waals surface area contributed by atoms with Gasteiger partial charge in [-0.05, 0) is 24.6 Å². The van der Waals surface area contributed by atoms with Crippen molar-refractivity contribution in [3.05, 3.63) is 83.0 Å². The normalized spacial score (nSPS) is 18.8. The molecule has 210 valence electrons. The lowest BCUT2D eigenvalue weighted by atomic mass is 9.87. The average Bonchev–Trinajstić information content (AvgIpc) is 3.32. The van der Waals surface area contributed by atoms with Crippen molar-refractivity contribution in [2.24, 2.45) is 0 Å². The van der Waals surface area contributed by atoms with E-state index in [4.69, 9.17) is 11.6 Å². The van der Waals surface area contributed by atoms with Gasteiger partial charge in [-0.25, -0.2) is 18.2 Å². The summed E-state index contributed by atoms with van der Waals surface area (Å²) >= 11 is 6.47. The number of anilines is 2. The Morgan fingerprint density at radius 3 is 2.63 bits per heavy atom. The van der Waals surface area contributed by atoms with Gasteiger partial charge in [0.05, 0.1) is 29.7 Å². The zero-order chi connectivity index (χ0) is 29.3. The van der Waals surface area contributed by atoms with Crippen LogP contribution in [0.4, 0.5) is 24.7 Å². The van der Waals surface area contributed by atoms with Gasteiger partial charge in [-0.3, -0.25) is 29.2 Å². The molecular formula is C28H22ClF3N6O3. The van der Waals surface area contributed by atoms with Crippen molar-refractivity contribution in [1.82, 2.24) is 15.3 Å². The van der Waals surface area contributed by atoms with Crippen molar-refractivity contribution in [2.45, 2.75) is 49.7 Å². The Labute approximate surface area is 237 Å². The summed E-state index contributed by atoms with van der Waals surface area (Å²) in [7, 11) is 0. The molecule has 1 aliphatic heterocycles.